The standard InChI is InChI=1S/C16H16BrN3O4S/c1-24-12-7-6-11(17)9-4-5-10(14(9)12)16(21)20-25(22,23)13-3-2-8-19-15(13)18/h2-3,6-8,10H,4-5H2,1H3,(H2,18,19)(H,20,21). The maximum absolute atomic E-state index is 12.7. The highest BCUT2D eigenvalue weighted by Crippen LogP contribution is 2.43. The minimum atomic E-state index is -4.10. The number of rotatable bonds is 4. The zero-order valence-electron chi connectivity index (χ0n) is 13.3. The number of nitrogens with zero attached hydrogens (tertiary/aromatic N) is 1. The molecule has 0 aliphatic heterocycles. The van der Waals surface area contributed by atoms with Crippen LogP contribution in [0.1, 0.15) is 23.5 Å². The number of ether oxygens (including phenoxy) is 1. The molecule has 0 saturated carbocycles. The fourth-order valence-electron chi connectivity index (χ4n) is 3.01. The van der Waals surface area contributed by atoms with E-state index in [2.05, 4.69) is 25.6 Å². The molecule has 0 saturated heterocycles. The van der Waals surface area contributed by atoms with Gasteiger partial charge in [0.25, 0.3) is 10.0 Å². The van der Waals surface area contributed by atoms with Crippen molar-refractivity contribution < 1.29 is 17.9 Å². The Hall–Kier alpha value is -2.13. The highest BCUT2D eigenvalue weighted by atomic mass is 79.9. The molecule has 3 rings (SSSR count). The van der Waals surface area contributed by atoms with Crippen LogP contribution in [0, 0.1) is 0 Å². The molecule has 0 bridgehead atoms. The van der Waals surface area contributed by atoms with Gasteiger partial charge in [-0.05, 0) is 42.7 Å². The number of carbonyl (C=O) groups is 1. The Bertz CT molecular complexity index is 946. The predicted octanol–water partition coefficient (Wildman–Crippen LogP) is 1.97. The number of methoxy groups -OCH3 is 1. The first-order valence-electron chi connectivity index (χ1n) is 7.47. The van der Waals surface area contributed by atoms with Crippen LogP contribution in [-0.4, -0.2) is 26.4 Å². The Kier molecular flexibility index (Phi) is 4.70. The number of nitrogens with one attached hydrogen (secondary N) is 1. The summed E-state index contributed by atoms with van der Waals surface area (Å²) in [5, 5.41) is 0. The minimum absolute atomic E-state index is 0.157. The van der Waals surface area contributed by atoms with Crippen LogP contribution in [0.5, 0.6) is 5.75 Å². The molecule has 2 aromatic rings. The summed E-state index contributed by atoms with van der Waals surface area (Å²) >= 11 is 3.46. The number of nitrogen functional groups attached to an aromatic ring is 1. The van der Waals surface area contributed by atoms with Crippen molar-refractivity contribution in [3.8, 4) is 5.75 Å². The predicted molar refractivity (Wildman–Crippen MR) is 95.7 cm³/mol. The van der Waals surface area contributed by atoms with E-state index in [1.54, 1.807) is 6.07 Å². The summed E-state index contributed by atoms with van der Waals surface area (Å²) in [7, 11) is -2.58. The summed E-state index contributed by atoms with van der Waals surface area (Å²) in [5.41, 5.74) is 7.28. The summed E-state index contributed by atoms with van der Waals surface area (Å²) in [5.74, 6) is -0.822. The molecule has 0 fully saturated rings. The molecular formula is C16H16BrN3O4S. The van der Waals surface area contributed by atoms with E-state index in [1.807, 2.05) is 6.07 Å². The average molecular weight is 426 g/mol. The van der Waals surface area contributed by atoms with Crippen molar-refractivity contribution in [2.45, 2.75) is 23.7 Å². The zero-order chi connectivity index (χ0) is 18.2. The lowest BCUT2D eigenvalue weighted by Crippen LogP contribution is -2.34. The van der Waals surface area contributed by atoms with E-state index >= 15 is 0 Å². The Morgan fingerprint density at radius 1 is 1.40 bits per heavy atom. The third-order valence-electron chi connectivity index (χ3n) is 4.15. The minimum Gasteiger partial charge on any atom is -0.496 e. The Morgan fingerprint density at radius 3 is 2.84 bits per heavy atom. The molecule has 1 unspecified atom stereocenters. The van der Waals surface area contributed by atoms with Gasteiger partial charge in [-0.25, -0.2) is 18.1 Å². The van der Waals surface area contributed by atoms with Crippen LogP contribution >= 0.6 is 15.9 Å². The molecule has 0 spiro atoms. The zero-order valence-corrected chi connectivity index (χ0v) is 15.7. The van der Waals surface area contributed by atoms with Crippen molar-refractivity contribution in [3.63, 3.8) is 0 Å². The van der Waals surface area contributed by atoms with Gasteiger partial charge in [-0.1, -0.05) is 15.9 Å². The van der Waals surface area contributed by atoms with E-state index < -0.39 is 21.8 Å². The number of benzene rings is 1. The summed E-state index contributed by atoms with van der Waals surface area (Å²) in [6.45, 7) is 0. The van der Waals surface area contributed by atoms with Crippen molar-refractivity contribution in [1.29, 1.82) is 0 Å². The van der Waals surface area contributed by atoms with E-state index in [9.17, 15) is 13.2 Å². The van der Waals surface area contributed by atoms with Gasteiger partial charge in [0.1, 0.15) is 16.5 Å². The van der Waals surface area contributed by atoms with Crippen LogP contribution in [0.4, 0.5) is 5.82 Å². The van der Waals surface area contributed by atoms with Gasteiger partial charge in [0.15, 0.2) is 0 Å². The summed E-state index contributed by atoms with van der Waals surface area (Å²) in [6, 6.07) is 6.35. The van der Waals surface area contributed by atoms with Gasteiger partial charge < -0.3 is 10.5 Å². The van der Waals surface area contributed by atoms with Crippen LogP contribution < -0.4 is 15.2 Å². The number of hydrogen-bond acceptors (Lipinski definition) is 6. The van der Waals surface area contributed by atoms with Crippen LogP contribution in [0.2, 0.25) is 0 Å². The molecule has 25 heavy (non-hydrogen) atoms. The van der Waals surface area contributed by atoms with E-state index in [1.165, 1.54) is 25.4 Å². The fourth-order valence-corrected chi connectivity index (χ4v) is 4.66. The molecule has 1 aliphatic rings. The van der Waals surface area contributed by atoms with Crippen LogP contribution in [0.15, 0.2) is 39.8 Å². The van der Waals surface area contributed by atoms with Gasteiger partial charge in [0.2, 0.25) is 5.91 Å². The molecule has 1 aliphatic carbocycles. The largest absolute Gasteiger partial charge is 0.496 e. The lowest BCUT2D eigenvalue weighted by molar-refractivity contribution is -0.120. The first-order chi connectivity index (χ1) is 11.8. The quantitative estimate of drug-likeness (QED) is 0.774. The normalized spacial score (nSPS) is 16.3. The lowest BCUT2D eigenvalue weighted by Gasteiger charge is -2.16. The second-order valence-corrected chi connectivity index (χ2v) is 8.09. The number of pyridine rings is 1. The number of carbonyl (C=O) groups excluding carboxylic acids is 1. The lowest BCUT2D eigenvalue weighted by atomic mass is 10.00. The molecule has 1 heterocycles. The molecule has 1 aromatic heterocycles. The highest BCUT2D eigenvalue weighted by molar-refractivity contribution is 9.10. The number of fused-ring (bicyclic) bond motifs is 1. The SMILES string of the molecule is COc1ccc(Br)c2c1C(C(=O)NS(=O)(=O)c1cccnc1N)CC2. The topological polar surface area (TPSA) is 111 Å². The van der Waals surface area contributed by atoms with E-state index in [-0.39, 0.29) is 10.7 Å². The number of sulfonamides is 1. The van der Waals surface area contributed by atoms with Crippen LogP contribution in [0.3, 0.4) is 0 Å². The number of aromatic nitrogens is 1. The first-order valence-corrected chi connectivity index (χ1v) is 9.75. The van der Waals surface area contributed by atoms with E-state index in [4.69, 9.17) is 10.5 Å². The third-order valence-corrected chi connectivity index (χ3v) is 6.29. The summed E-state index contributed by atoms with van der Waals surface area (Å²) in [4.78, 5) is 16.2. The van der Waals surface area contributed by atoms with Gasteiger partial charge in [-0.3, -0.25) is 4.79 Å². The molecule has 1 aromatic carbocycles. The molecule has 9 heteroatoms. The van der Waals surface area contributed by atoms with Gasteiger partial charge >= 0.3 is 0 Å². The molecule has 1 atom stereocenters. The molecule has 3 N–H and O–H groups in total. The van der Waals surface area contributed by atoms with Gasteiger partial charge in [0.05, 0.1) is 13.0 Å². The number of anilines is 1. The summed E-state index contributed by atoms with van der Waals surface area (Å²) in [6.07, 6.45) is 2.53. The third kappa shape index (κ3) is 3.21. The molecule has 0 radical (unpaired) electrons. The maximum atomic E-state index is 12.7. The van der Waals surface area contributed by atoms with Crippen LogP contribution in [-0.2, 0) is 21.2 Å². The Balaban J connectivity index is 1.93. The highest BCUT2D eigenvalue weighted by Gasteiger charge is 2.35. The molecule has 7 nitrogen and oxygen atoms in total. The smallest absolute Gasteiger partial charge is 0.267 e. The summed E-state index contributed by atoms with van der Waals surface area (Å²) < 4.78 is 33.3. The van der Waals surface area contributed by atoms with Crippen molar-refractivity contribution in [2.75, 3.05) is 12.8 Å². The van der Waals surface area contributed by atoms with Crippen molar-refractivity contribution in [3.05, 3.63) is 46.1 Å². The van der Waals surface area contributed by atoms with Crippen molar-refractivity contribution in [2.24, 2.45) is 0 Å². The average Bonchev–Trinajstić information content (AvgIpc) is 3.01. The van der Waals surface area contributed by atoms with Crippen LogP contribution in [0.25, 0.3) is 0 Å². The van der Waals surface area contributed by atoms with E-state index in [0.717, 1.165) is 10.0 Å². The van der Waals surface area contributed by atoms with Crippen molar-refractivity contribution in [1.82, 2.24) is 9.71 Å². The second-order valence-electron chi connectivity index (χ2n) is 5.59. The number of amides is 1. The molecule has 1 amide bonds. The first kappa shape index (κ1) is 17.7. The number of halogens is 1. The fraction of sp³-hybridized carbons (Fsp3) is 0.250. The Labute approximate surface area is 153 Å². The van der Waals surface area contributed by atoms with E-state index in [0.29, 0.717) is 24.2 Å². The monoisotopic (exact) mass is 425 g/mol. The maximum Gasteiger partial charge on any atom is 0.267 e. The van der Waals surface area contributed by atoms with Crippen molar-refractivity contribution >= 4 is 37.7 Å². The van der Waals surface area contributed by atoms with Gasteiger partial charge in [-0.15, -0.1) is 0 Å². The number of nitrogens with two attached hydrogens (primary N) is 1. The number of hydrogen-bond donors (Lipinski definition) is 2. The van der Waals surface area contributed by atoms with Gasteiger partial charge in [0, 0.05) is 16.2 Å². The Morgan fingerprint density at radius 2 is 2.16 bits per heavy atom. The molecule has 132 valence electrons. The molecular weight excluding hydrogens is 410 g/mol. The second kappa shape index (κ2) is 6.64. The van der Waals surface area contributed by atoms with Gasteiger partial charge in [-0.2, -0.15) is 0 Å².